The summed E-state index contributed by atoms with van der Waals surface area (Å²) in [5.74, 6) is -3.78. The first-order valence-corrected chi connectivity index (χ1v) is 12.8. The molecule has 202 valence electrons. The van der Waals surface area contributed by atoms with Crippen molar-refractivity contribution in [2.75, 3.05) is 0 Å². The Morgan fingerprint density at radius 3 is 2.33 bits per heavy atom. The molecule has 3 aromatic carbocycles. The Balaban J connectivity index is 1.48. The molecule has 39 heavy (non-hydrogen) atoms. The third-order valence-corrected chi connectivity index (χ3v) is 7.65. The molecule has 2 bridgehead atoms. The second-order valence-electron chi connectivity index (χ2n) is 10.9. The molecule has 0 radical (unpaired) electrons. The number of hydrogen-bond acceptors (Lipinski definition) is 4. The highest BCUT2D eigenvalue weighted by molar-refractivity contribution is 5.89. The molecule has 0 spiro atoms. The first-order chi connectivity index (χ1) is 18.4. The van der Waals surface area contributed by atoms with E-state index in [1.165, 1.54) is 18.2 Å². The lowest BCUT2D eigenvalue weighted by atomic mass is 9.85. The van der Waals surface area contributed by atoms with Gasteiger partial charge in [-0.3, -0.25) is 4.98 Å². The second-order valence-corrected chi connectivity index (χ2v) is 10.9. The number of ether oxygens (including phenoxy) is 2. The molecule has 0 fully saturated rings. The first-order valence-electron chi connectivity index (χ1n) is 12.8. The van der Waals surface area contributed by atoms with Crippen molar-refractivity contribution < 1.29 is 32.1 Å². The largest absolute Gasteiger partial charge is 0.435 e. The molecule has 1 aliphatic heterocycles. The van der Waals surface area contributed by atoms with E-state index in [0.29, 0.717) is 17.7 Å². The fourth-order valence-electron chi connectivity index (χ4n) is 5.88. The van der Waals surface area contributed by atoms with Crippen LogP contribution in [0, 0.1) is 0 Å². The van der Waals surface area contributed by atoms with Gasteiger partial charge in [0.1, 0.15) is 17.5 Å². The van der Waals surface area contributed by atoms with E-state index < -0.39 is 36.3 Å². The van der Waals surface area contributed by atoms with Gasteiger partial charge in [0.05, 0.1) is 11.8 Å². The predicted octanol–water partition coefficient (Wildman–Crippen LogP) is 8.03. The van der Waals surface area contributed by atoms with Gasteiger partial charge >= 0.3 is 6.61 Å². The molecule has 6 rings (SSSR count). The average molecular weight is 538 g/mol. The number of halogens is 4. The van der Waals surface area contributed by atoms with Gasteiger partial charge in [0, 0.05) is 30.2 Å². The quantitative estimate of drug-likeness (QED) is 0.262. The topological polar surface area (TPSA) is 51.6 Å². The third kappa shape index (κ3) is 4.55. The van der Waals surface area contributed by atoms with Gasteiger partial charge in [0.25, 0.3) is 5.92 Å². The summed E-state index contributed by atoms with van der Waals surface area (Å²) in [6.45, 7) is 1.04. The van der Waals surface area contributed by atoms with Crippen LogP contribution in [0.1, 0.15) is 73.3 Å². The zero-order valence-corrected chi connectivity index (χ0v) is 21.6. The molecular weight excluding hydrogens is 510 g/mol. The fourth-order valence-corrected chi connectivity index (χ4v) is 5.88. The van der Waals surface area contributed by atoms with E-state index in [0.717, 1.165) is 39.9 Å². The highest BCUT2D eigenvalue weighted by Gasteiger charge is 2.48. The molecule has 4 aromatic rings. The van der Waals surface area contributed by atoms with Gasteiger partial charge in [0.2, 0.25) is 0 Å². The number of alkyl halides is 4. The maximum atomic E-state index is 14.8. The highest BCUT2D eigenvalue weighted by Crippen LogP contribution is 2.57. The number of fused-ring (bicyclic) bond motifs is 8. The van der Waals surface area contributed by atoms with Crippen LogP contribution < -0.4 is 4.74 Å². The van der Waals surface area contributed by atoms with Crippen LogP contribution in [0.4, 0.5) is 17.6 Å². The molecule has 2 heterocycles. The number of aliphatic hydroxyl groups is 1. The van der Waals surface area contributed by atoms with E-state index in [4.69, 9.17) is 9.47 Å². The predicted molar refractivity (Wildman–Crippen MR) is 139 cm³/mol. The van der Waals surface area contributed by atoms with Gasteiger partial charge in [-0.15, -0.1) is 0 Å². The van der Waals surface area contributed by atoms with Crippen molar-refractivity contribution >= 4 is 10.8 Å². The summed E-state index contributed by atoms with van der Waals surface area (Å²) < 4.78 is 67.1. The monoisotopic (exact) mass is 537 g/mol. The van der Waals surface area contributed by atoms with Crippen LogP contribution in [0.2, 0.25) is 0 Å². The zero-order valence-electron chi connectivity index (χ0n) is 21.6. The highest BCUT2D eigenvalue weighted by atomic mass is 19.3. The van der Waals surface area contributed by atoms with Gasteiger partial charge in [-0.1, -0.05) is 36.4 Å². The molecular formula is C31H27F4NO3. The Morgan fingerprint density at radius 1 is 0.923 bits per heavy atom. The van der Waals surface area contributed by atoms with Crippen LogP contribution in [-0.4, -0.2) is 22.6 Å². The molecule has 0 amide bonds. The van der Waals surface area contributed by atoms with Crippen molar-refractivity contribution in [3.63, 3.8) is 0 Å². The van der Waals surface area contributed by atoms with Crippen molar-refractivity contribution in [2.45, 2.75) is 63.5 Å². The maximum Gasteiger partial charge on any atom is 0.387 e. The number of rotatable bonds is 5. The zero-order chi connectivity index (χ0) is 27.7. The Bertz CT molecular complexity index is 1560. The molecule has 4 nitrogen and oxygen atoms in total. The summed E-state index contributed by atoms with van der Waals surface area (Å²) in [6.07, 6.45) is -0.142. The summed E-state index contributed by atoms with van der Waals surface area (Å²) in [5.41, 5.74) is 3.43. The normalized spacial score (nSPS) is 20.6. The van der Waals surface area contributed by atoms with Crippen molar-refractivity contribution in [3.05, 3.63) is 94.8 Å². The number of nitrogens with zero attached hydrogens (tertiary/aromatic N) is 1. The van der Waals surface area contributed by atoms with Crippen LogP contribution >= 0.6 is 0 Å². The van der Waals surface area contributed by atoms with E-state index in [1.807, 2.05) is 36.4 Å². The van der Waals surface area contributed by atoms with E-state index in [9.17, 15) is 22.7 Å². The fraction of sp³-hybridized carbons (Fsp3) is 0.323. The third-order valence-electron chi connectivity index (χ3n) is 7.65. The van der Waals surface area contributed by atoms with Crippen molar-refractivity contribution in [1.29, 1.82) is 0 Å². The van der Waals surface area contributed by atoms with E-state index in [2.05, 4.69) is 4.98 Å². The second kappa shape index (κ2) is 9.03. The van der Waals surface area contributed by atoms with Gasteiger partial charge in [-0.25, -0.2) is 8.78 Å². The lowest BCUT2D eigenvalue weighted by molar-refractivity contribution is -0.152. The van der Waals surface area contributed by atoms with Gasteiger partial charge in [-0.05, 0) is 77.6 Å². The number of hydrogen-bond donors (Lipinski definition) is 1. The summed E-state index contributed by atoms with van der Waals surface area (Å²) in [7, 11) is 0. The van der Waals surface area contributed by atoms with Gasteiger partial charge < -0.3 is 14.6 Å². The minimum Gasteiger partial charge on any atom is -0.435 e. The first kappa shape index (κ1) is 25.8. The summed E-state index contributed by atoms with van der Waals surface area (Å²) in [5, 5.41) is 12.0. The van der Waals surface area contributed by atoms with Crippen LogP contribution in [0.25, 0.3) is 21.9 Å². The van der Waals surface area contributed by atoms with E-state index >= 15 is 0 Å². The van der Waals surface area contributed by atoms with Gasteiger partial charge in [0.15, 0.2) is 0 Å². The minimum atomic E-state index is -3.23. The molecule has 2 unspecified atom stereocenters. The van der Waals surface area contributed by atoms with Crippen LogP contribution in [0.15, 0.2) is 66.9 Å². The van der Waals surface area contributed by atoms with Crippen molar-refractivity contribution in [1.82, 2.24) is 4.98 Å². The number of aromatic nitrogens is 1. The Kier molecular flexibility index (Phi) is 5.97. The molecule has 3 atom stereocenters. The van der Waals surface area contributed by atoms with Crippen LogP contribution in [0.3, 0.4) is 0 Å². The Labute approximate surface area is 223 Å². The van der Waals surface area contributed by atoms with Crippen LogP contribution in [0.5, 0.6) is 5.75 Å². The van der Waals surface area contributed by atoms with Crippen molar-refractivity contribution in [3.8, 4) is 16.9 Å². The summed E-state index contributed by atoms with van der Waals surface area (Å²) in [6, 6.07) is 17.9. The lowest BCUT2D eigenvalue weighted by Crippen LogP contribution is -2.27. The summed E-state index contributed by atoms with van der Waals surface area (Å²) in [4.78, 5) is 4.40. The Morgan fingerprint density at radius 2 is 1.67 bits per heavy atom. The SMILES string of the molecule is CC(C)(O)c1ccc(-c2ccc3cc4c(cc3c2)[C@H]2CC4OC(C(C)(F)F)c3cccc(OC(F)F)c32)cn1. The molecule has 1 aromatic heterocycles. The Hall–Kier alpha value is -3.49. The molecule has 1 aliphatic carbocycles. The summed E-state index contributed by atoms with van der Waals surface area (Å²) >= 11 is 0. The van der Waals surface area contributed by atoms with Crippen molar-refractivity contribution in [2.24, 2.45) is 0 Å². The van der Waals surface area contributed by atoms with E-state index in [-0.39, 0.29) is 11.3 Å². The number of benzene rings is 3. The maximum absolute atomic E-state index is 14.8. The molecule has 0 saturated heterocycles. The lowest BCUT2D eigenvalue weighted by Gasteiger charge is -2.30. The minimum absolute atomic E-state index is 0.106. The molecule has 8 heteroatoms. The number of pyridine rings is 1. The van der Waals surface area contributed by atoms with Gasteiger partial charge in [-0.2, -0.15) is 8.78 Å². The molecule has 1 N–H and O–H groups in total. The molecule has 0 saturated carbocycles. The molecule has 2 aliphatic rings. The van der Waals surface area contributed by atoms with Crippen LogP contribution in [-0.2, 0) is 10.3 Å². The average Bonchev–Trinajstić information content (AvgIpc) is 3.08. The smallest absolute Gasteiger partial charge is 0.387 e. The van der Waals surface area contributed by atoms with E-state index in [1.54, 1.807) is 26.1 Å². The standard InChI is InChI=1S/C31H27F4NO3/c1-30(2,37)26-10-9-18(15-36-26)16-7-8-17-12-22-21(13-19(17)11-16)23-14-25(22)38-28(31(3,34)35)20-5-4-6-24(27(20)23)39-29(32)33/h4-13,15,23,25,28-29,37H,14H2,1-3H3/t23-,25?,28?/m1/s1.